The number of hydrogen-bond donors (Lipinski definition) is 1. The number of hydrogen-bond acceptors (Lipinski definition) is 9. The van der Waals surface area contributed by atoms with Crippen LogP contribution >= 0.6 is 46.2 Å². The topological polar surface area (TPSA) is 88.6 Å². The molecule has 2 aromatic heterocycles. The maximum atomic E-state index is 14.1. The van der Waals surface area contributed by atoms with Crippen molar-refractivity contribution in [1.82, 2.24) is 15.2 Å². The standard InChI is InChI=1S/C30H25N3O4S4/c1-38-30-31-16-22(41-30)21-17-40-28-24(32-23(34)15-20-13-8-14-39-20)27(35)33(28)25(21)29(36)37-26(18-9-4-2-5-10-18)19-11-6-3-7-12-19/h2-14,16,24,26,28H,15,17H2,1H3,(H,32,34). The summed E-state index contributed by atoms with van der Waals surface area (Å²) in [4.78, 5) is 48.1. The molecule has 2 amide bonds. The number of fused-ring (bicyclic) bond motifs is 1. The summed E-state index contributed by atoms with van der Waals surface area (Å²) >= 11 is 6.03. The van der Waals surface area contributed by atoms with Gasteiger partial charge in [-0.15, -0.1) is 34.4 Å². The van der Waals surface area contributed by atoms with Crippen LogP contribution in [0.15, 0.2) is 94.4 Å². The second-order valence-corrected chi connectivity index (χ2v) is 13.6. The number of esters is 1. The molecule has 0 saturated carbocycles. The van der Waals surface area contributed by atoms with Gasteiger partial charge in [-0.1, -0.05) is 78.5 Å². The number of amides is 2. The van der Waals surface area contributed by atoms with Crippen LogP contribution in [0.2, 0.25) is 0 Å². The predicted octanol–water partition coefficient (Wildman–Crippen LogP) is 5.61. The molecular weight excluding hydrogens is 595 g/mol. The van der Waals surface area contributed by atoms with Crippen molar-refractivity contribution in [2.75, 3.05) is 12.0 Å². The largest absolute Gasteiger partial charge is 0.448 e. The monoisotopic (exact) mass is 619 g/mol. The fraction of sp³-hybridized carbons (Fsp3) is 0.200. The average Bonchev–Trinajstić information content (AvgIpc) is 3.71. The van der Waals surface area contributed by atoms with Crippen molar-refractivity contribution in [3.05, 3.63) is 111 Å². The number of rotatable bonds is 9. The summed E-state index contributed by atoms with van der Waals surface area (Å²) in [6.45, 7) is 0. The highest BCUT2D eigenvalue weighted by Gasteiger charge is 2.55. The third-order valence-electron chi connectivity index (χ3n) is 6.78. The summed E-state index contributed by atoms with van der Waals surface area (Å²) in [5, 5.41) is 4.41. The Labute approximate surface area is 254 Å². The highest BCUT2D eigenvalue weighted by Crippen LogP contribution is 2.45. The summed E-state index contributed by atoms with van der Waals surface area (Å²) in [7, 11) is 0. The average molecular weight is 620 g/mol. The van der Waals surface area contributed by atoms with Crippen LogP contribution < -0.4 is 5.32 Å². The minimum Gasteiger partial charge on any atom is -0.448 e. The van der Waals surface area contributed by atoms with Crippen molar-refractivity contribution in [2.24, 2.45) is 0 Å². The quantitative estimate of drug-likeness (QED) is 0.148. The van der Waals surface area contributed by atoms with E-state index in [9.17, 15) is 14.4 Å². The van der Waals surface area contributed by atoms with Crippen molar-refractivity contribution in [1.29, 1.82) is 0 Å². The molecule has 0 radical (unpaired) electrons. The molecule has 6 rings (SSSR count). The summed E-state index contributed by atoms with van der Waals surface area (Å²) in [5.41, 5.74) is 2.58. The van der Waals surface area contributed by atoms with E-state index in [0.717, 1.165) is 25.2 Å². The molecule has 208 valence electrons. The SMILES string of the molecule is CSc1ncc(C2=C(C(=O)OC(c3ccccc3)c3ccccc3)N3C(=O)C(NC(=O)Cc4cccs4)C3SC2)s1. The first-order valence-corrected chi connectivity index (χ1v) is 16.8. The second kappa shape index (κ2) is 12.2. The first-order valence-electron chi connectivity index (χ1n) is 12.8. The number of carbonyl (C=O) groups is 3. The van der Waals surface area contributed by atoms with Gasteiger partial charge in [0.15, 0.2) is 6.10 Å². The van der Waals surface area contributed by atoms with E-state index >= 15 is 0 Å². The van der Waals surface area contributed by atoms with Gasteiger partial charge in [-0.05, 0) is 28.8 Å². The summed E-state index contributed by atoms with van der Waals surface area (Å²) in [6.07, 6.45) is 3.25. The number of ether oxygens (including phenoxy) is 1. The van der Waals surface area contributed by atoms with Gasteiger partial charge in [-0.25, -0.2) is 9.78 Å². The molecule has 11 heteroatoms. The third-order valence-corrected chi connectivity index (χ3v) is 11.0. The fourth-order valence-electron chi connectivity index (χ4n) is 4.83. The maximum Gasteiger partial charge on any atom is 0.356 e. The van der Waals surface area contributed by atoms with Crippen LogP contribution in [0.25, 0.3) is 5.57 Å². The lowest BCUT2D eigenvalue weighted by Gasteiger charge is -2.49. The van der Waals surface area contributed by atoms with Crippen LogP contribution in [-0.4, -0.2) is 51.1 Å². The maximum absolute atomic E-state index is 14.1. The van der Waals surface area contributed by atoms with Gasteiger partial charge >= 0.3 is 5.97 Å². The zero-order valence-electron chi connectivity index (χ0n) is 21.9. The molecule has 7 nitrogen and oxygen atoms in total. The third kappa shape index (κ3) is 5.72. The molecule has 1 saturated heterocycles. The van der Waals surface area contributed by atoms with Crippen molar-refractivity contribution >= 4 is 69.6 Å². The Bertz CT molecular complexity index is 1550. The molecule has 2 aromatic carbocycles. The number of nitrogens with one attached hydrogen (secondary N) is 1. The van der Waals surface area contributed by atoms with Crippen molar-refractivity contribution in [2.45, 2.75) is 28.3 Å². The molecule has 0 spiro atoms. The molecular formula is C30H25N3O4S4. The van der Waals surface area contributed by atoms with Gasteiger partial charge in [0.25, 0.3) is 5.91 Å². The van der Waals surface area contributed by atoms with Gasteiger partial charge in [-0.3, -0.25) is 14.5 Å². The van der Waals surface area contributed by atoms with Gasteiger partial charge < -0.3 is 10.1 Å². The van der Waals surface area contributed by atoms with Crippen molar-refractivity contribution in [3.8, 4) is 0 Å². The first-order chi connectivity index (χ1) is 20.0. The van der Waals surface area contributed by atoms with E-state index in [2.05, 4.69) is 10.3 Å². The van der Waals surface area contributed by atoms with Crippen LogP contribution in [-0.2, 0) is 25.5 Å². The fourth-order valence-corrected chi connectivity index (χ4v) is 8.44. The van der Waals surface area contributed by atoms with Crippen LogP contribution in [0.3, 0.4) is 0 Å². The van der Waals surface area contributed by atoms with E-state index in [0.29, 0.717) is 11.3 Å². The Balaban J connectivity index is 1.32. The molecule has 0 aliphatic carbocycles. The minimum atomic E-state index is -0.709. The predicted molar refractivity (Wildman–Crippen MR) is 165 cm³/mol. The molecule has 2 aliphatic heterocycles. The molecule has 2 aliphatic rings. The van der Waals surface area contributed by atoms with Crippen molar-refractivity contribution in [3.63, 3.8) is 0 Å². The van der Waals surface area contributed by atoms with E-state index < -0.39 is 23.5 Å². The molecule has 2 atom stereocenters. The van der Waals surface area contributed by atoms with E-state index in [-0.39, 0.29) is 23.9 Å². The smallest absolute Gasteiger partial charge is 0.356 e. The van der Waals surface area contributed by atoms with E-state index in [1.54, 1.807) is 6.20 Å². The van der Waals surface area contributed by atoms with E-state index in [1.807, 2.05) is 84.4 Å². The van der Waals surface area contributed by atoms with Crippen LogP contribution in [0.1, 0.15) is 27.0 Å². The first kappa shape index (κ1) is 27.8. The minimum absolute atomic E-state index is 0.211. The van der Waals surface area contributed by atoms with Gasteiger partial charge in [0.2, 0.25) is 5.91 Å². The number of benzene rings is 2. The van der Waals surface area contributed by atoms with E-state index in [4.69, 9.17) is 4.74 Å². The number of carbonyl (C=O) groups excluding carboxylic acids is 3. The zero-order valence-corrected chi connectivity index (χ0v) is 25.2. The summed E-state index contributed by atoms with van der Waals surface area (Å²) in [6, 6.07) is 22.2. The van der Waals surface area contributed by atoms with Crippen LogP contribution in [0, 0.1) is 0 Å². The number of thiophene rings is 1. The number of nitrogens with zero attached hydrogens (tertiary/aromatic N) is 2. The molecule has 2 unspecified atom stereocenters. The Hall–Kier alpha value is -3.38. The lowest BCUT2D eigenvalue weighted by Crippen LogP contribution is -2.70. The van der Waals surface area contributed by atoms with Crippen molar-refractivity contribution < 1.29 is 19.1 Å². The number of thioether (sulfide) groups is 2. The summed E-state index contributed by atoms with van der Waals surface area (Å²) < 4.78 is 7.10. The van der Waals surface area contributed by atoms with Gasteiger partial charge in [-0.2, -0.15) is 0 Å². The molecule has 1 fully saturated rings. The number of thiazole rings is 1. The zero-order chi connectivity index (χ0) is 28.3. The van der Waals surface area contributed by atoms with E-state index in [1.165, 1.54) is 51.1 Å². The number of β-lactam (4-membered cyclic amide) rings is 1. The highest BCUT2D eigenvalue weighted by molar-refractivity contribution is 8.00. The molecule has 41 heavy (non-hydrogen) atoms. The Morgan fingerprint density at radius 2 is 1.78 bits per heavy atom. The lowest BCUT2D eigenvalue weighted by molar-refractivity contribution is -0.154. The number of aromatic nitrogens is 1. The Kier molecular flexibility index (Phi) is 8.29. The van der Waals surface area contributed by atoms with Gasteiger partial charge in [0.05, 0.1) is 11.3 Å². The van der Waals surface area contributed by atoms with Gasteiger partial charge in [0.1, 0.15) is 21.5 Å². The Morgan fingerprint density at radius 1 is 1.07 bits per heavy atom. The van der Waals surface area contributed by atoms with Crippen LogP contribution in [0.4, 0.5) is 0 Å². The Morgan fingerprint density at radius 3 is 2.39 bits per heavy atom. The summed E-state index contributed by atoms with van der Waals surface area (Å²) in [5.74, 6) is -0.645. The molecule has 4 heterocycles. The molecule has 1 N–H and O–H groups in total. The lowest BCUT2D eigenvalue weighted by atomic mass is 10.0. The second-order valence-electron chi connectivity index (χ2n) is 9.34. The highest BCUT2D eigenvalue weighted by atomic mass is 32.2. The molecule has 4 aromatic rings. The van der Waals surface area contributed by atoms with Gasteiger partial charge in [0, 0.05) is 22.4 Å². The van der Waals surface area contributed by atoms with Crippen LogP contribution in [0.5, 0.6) is 0 Å². The molecule has 0 bridgehead atoms. The normalized spacial score (nSPS) is 18.2.